The van der Waals surface area contributed by atoms with Crippen molar-refractivity contribution in [3.8, 4) is 0 Å². The van der Waals surface area contributed by atoms with Crippen molar-refractivity contribution in [2.75, 3.05) is 6.61 Å². The molecule has 0 aromatic heterocycles. The third kappa shape index (κ3) is 1.72. The highest BCUT2D eigenvalue weighted by Gasteiger charge is 2.23. The molecule has 0 amide bonds. The summed E-state index contributed by atoms with van der Waals surface area (Å²) in [7, 11) is 0. The maximum absolute atomic E-state index is 5.80. The molecule has 1 aliphatic rings. The Kier molecular flexibility index (Phi) is 2.41. The van der Waals surface area contributed by atoms with E-state index in [9.17, 15) is 0 Å². The van der Waals surface area contributed by atoms with E-state index in [0.29, 0.717) is 12.0 Å². The van der Waals surface area contributed by atoms with Crippen LogP contribution >= 0.6 is 0 Å². The van der Waals surface area contributed by atoms with Crippen LogP contribution in [0.3, 0.4) is 0 Å². The molecule has 2 aromatic rings. The molecule has 2 atom stereocenters. The molecule has 3 rings (SSSR count). The van der Waals surface area contributed by atoms with E-state index in [-0.39, 0.29) is 0 Å². The summed E-state index contributed by atoms with van der Waals surface area (Å²) in [6.45, 7) is 3.15. The van der Waals surface area contributed by atoms with E-state index in [1.165, 1.54) is 16.3 Å². The van der Waals surface area contributed by atoms with Crippen molar-refractivity contribution >= 4 is 10.8 Å². The summed E-state index contributed by atoms with van der Waals surface area (Å²) in [6, 6.07) is 15.1. The zero-order valence-electron chi connectivity index (χ0n) is 9.52. The summed E-state index contributed by atoms with van der Waals surface area (Å²) in [5.74, 6) is 0.691. The minimum Gasteiger partial charge on any atom is -0.373 e. The first-order valence-electron chi connectivity index (χ1n) is 5.93. The lowest BCUT2D eigenvalue weighted by atomic mass is 9.99. The summed E-state index contributed by atoms with van der Waals surface area (Å²) >= 11 is 0. The molecule has 0 aliphatic carbocycles. The minimum atomic E-state index is 0.305. The summed E-state index contributed by atoms with van der Waals surface area (Å²) < 4.78 is 5.80. The lowest BCUT2D eigenvalue weighted by Gasteiger charge is -2.10. The highest BCUT2D eigenvalue weighted by molar-refractivity contribution is 5.83. The van der Waals surface area contributed by atoms with E-state index in [4.69, 9.17) is 4.74 Å². The second-order valence-corrected chi connectivity index (χ2v) is 4.77. The molecule has 0 radical (unpaired) electrons. The molecule has 1 nitrogen and oxygen atoms in total. The number of hydrogen-bond acceptors (Lipinski definition) is 1. The normalized spacial score (nSPS) is 25.1. The highest BCUT2D eigenvalue weighted by atomic mass is 16.5. The van der Waals surface area contributed by atoms with Crippen LogP contribution in [0.15, 0.2) is 42.5 Å². The molecule has 1 fully saturated rings. The van der Waals surface area contributed by atoms with Gasteiger partial charge in [-0.2, -0.15) is 0 Å². The van der Waals surface area contributed by atoms with Crippen molar-refractivity contribution in [2.24, 2.45) is 5.92 Å². The molecular formula is C15H16O. The van der Waals surface area contributed by atoms with Crippen LogP contribution in [-0.2, 0) is 4.74 Å². The van der Waals surface area contributed by atoms with Gasteiger partial charge in [-0.05, 0) is 34.7 Å². The molecule has 0 N–H and O–H groups in total. The van der Waals surface area contributed by atoms with Gasteiger partial charge in [-0.1, -0.05) is 43.3 Å². The van der Waals surface area contributed by atoms with Gasteiger partial charge in [-0.25, -0.2) is 0 Å². The van der Waals surface area contributed by atoms with Crippen molar-refractivity contribution in [1.82, 2.24) is 0 Å². The maximum atomic E-state index is 5.80. The Morgan fingerprint density at radius 2 is 1.88 bits per heavy atom. The van der Waals surface area contributed by atoms with E-state index in [1.54, 1.807) is 0 Å². The Labute approximate surface area is 96.0 Å². The third-order valence-corrected chi connectivity index (χ3v) is 3.34. The van der Waals surface area contributed by atoms with Crippen LogP contribution in [0.1, 0.15) is 25.0 Å². The molecule has 0 unspecified atom stereocenters. The van der Waals surface area contributed by atoms with Crippen LogP contribution in [0.4, 0.5) is 0 Å². The van der Waals surface area contributed by atoms with Crippen LogP contribution in [0.2, 0.25) is 0 Å². The van der Waals surface area contributed by atoms with Gasteiger partial charge in [0.15, 0.2) is 0 Å². The van der Waals surface area contributed by atoms with Gasteiger partial charge in [0.25, 0.3) is 0 Å². The van der Waals surface area contributed by atoms with Crippen LogP contribution < -0.4 is 0 Å². The molecule has 2 aromatic carbocycles. The van der Waals surface area contributed by atoms with E-state index in [1.807, 2.05) is 0 Å². The lowest BCUT2D eigenvalue weighted by molar-refractivity contribution is 0.108. The van der Waals surface area contributed by atoms with E-state index in [0.717, 1.165) is 13.0 Å². The Hall–Kier alpha value is -1.34. The predicted octanol–water partition coefficient (Wildman–Crippen LogP) is 3.94. The summed E-state index contributed by atoms with van der Waals surface area (Å²) in [4.78, 5) is 0. The zero-order chi connectivity index (χ0) is 11.0. The standard InChI is InChI=1S/C15H16O/c1-11-8-15(16-10-11)14-7-6-12-4-2-3-5-13(12)9-14/h2-7,9,11,15H,8,10H2,1H3/t11-,15-/m0/s1. The molecular weight excluding hydrogens is 196 g/mol. The molecule has 1 aliphatic heterocycles. The summed E-state index contributed by atoms with van der Waals surface area (Å²) in [5.41, 5.74) is 1.32. The fourth-order valence-electron chi connectivity index (χ4n) is 2.42. The van der Waals surface area contributed by atoms with Crippen LogP contribution in [0.25, 0.3) is 10.8 Å². The molecule has 0 bridgehead atoms. The van der Waals surface area contributed by atoms with Gasteiger partial charge >= 0.3 is 0 Å². The fraction of sp³-hybridized carbons (Fsp3) is 0.333. The van der Waals surface area contributed by atoms with Crippen molar-refractivity contribution in [2.45, 2.75) is 19.4 Å². The monoisotopic (exact) mass is 212 g/mol. The highest BCUT2D eigenvalue weighted by Crippen LogP contribution is 2.33. The second-order valence-electron chi connectivity index (χ2n) is 4.77. The molecule has 1 saturated heterocycles. The first-order chi connectivity index (χ1) is 7.83. The van der Waals surface area contributed by atoms with E-state index < -0.39 is 0 Å². The summed E-state index contributed by atoms with van der Waals surface area (Å²) in [5, 5.41) is 2.61. The van der Waals surface area contributed by atoms with Crippen molar-refractivity contribution < 1.29 is 4.74 Å². The second kappa shape index (κ2) is 3.91. The first kappa shape index (κ1) is 9.86. The smallest absolute Gasteiger partial charge is 0.0828 e. The minimum absolute atomic E-state index is 0.305. The first-order valence-corrected chi connectivity index (χ1v) is 5.93. The molecule has 1 heterocycles. The van der Waals surface area contributed by atoms with Crippen LogP contribution in [0.5, 0.6) is 0 Å². The van der Waals surface area contributed by atoms with E-state index in [2.05, 4.69) is 49.4 Å². The van der Waals surface area contributed by atoms with Crippen LogP contribution in [-0.4, -0.2) is 6.61 Å². The molecule has 0 spiro atoms. The van der Waals surface area contributed by atoms with Gasteiger partial charge in [-0.15, -0.1) is 0 Å². The lowest BCUT2D eigenvalue weighted by Crippen LogP contribution is -1.95. The average Bonchev–Trinajstić information content (AvgIpc) is 2.75. The van der Waals surface area contributed by atoms with Gasteiger partial charge < -0.3 is 4.74 Å². The number of hydrogen-bond donors (Lipinski definition) is 0. The molecule has 1 heteroatoms. The SMILES string of the molecule is C[C@@H]1CO[C@H](c2ccc3ccccc3c2)C1. The maximum Gasteiger partial charge on any atom is 0.0828 e. The number of benzene rings is 2. The van der Waals surface area contributed by atoms with Gasteiger partial charge in [0.05, 0.1) is 12.7 Å². The number of ether oxygens (including phenoxy) is 1. The zero-order valence-corrected chi connectivity index (χ0v) is 9.52. The van der Waals surface area contributed by atoms with Crippen molar-refractivity contribution in [1.29, 1.82) is 0 Å². The van der Waals surface area contributed by atoms with Crippen molar-refractivity contribution in [3.05, 3.63) is 48.0 Å². The van der Waals surface area contributed by atoms with Gasteiger partial charge in [0.1, 0.15) is 0 Å². The van der Waals surface area contributed by atoms with Gasteiger partial charge in [-0.3, -0.25) is 0 Å². The topological polar surface area (TPSA) is 9.23 Å². The largest absolute Gasteiger partial charge is 0.373 e. The summed E-state index contributed by atoms with van der Waals surface area (Å²) in [6.07, 6.45) is 1.46. The quantitative estimate of drug-likeness (QED) is 0.695. The number of fused-ring (bicyclic) bond motifs is 1. The van der Waals surface area contributed by atoms with Gasteiger partial charge in [0.2, 0.25) is 0 Å². The Balaban J connectivity index is 1.99. The fourth-order valence-corrected chi connectivity index (χ4v) is 2.42. The Bertz CT molecular complexity index is 504. The Morgan fingerprint density at radius 1 is 1.06 bits per heavy atom. The Morgan fingerprint density at radius 3 is 2.62 bits per heavy atom. The van der Waals surface area contributed by atoms with Crippen molar-refractivity contribution in [3.63, 3.8) is 0 Å². The average molecular weight is 212 g/mol. The third-order valence-electron chi connectivity index (χ3n) is 3.34. The van der Waals surface area contributed by atoms with E-state index >= 15 is 0 Å². The predicted molar refractivity (Wildman–Crippen MR) is 66.4 cm³/mol. The molecule has 16 heavy (non-hydrogen) atoms. The number of rotatable bonds is 1. The molecule has 0 saturated carbocycles. The van der Waals surface area contributed by atoms with Gasteiger partial charge in [0, 0.05) is 0 Å². The van der Waals surface area contributed by atoms with Crippen LogP contribution in [0, 0.1) is 5.92 Å². The molecule has 82 valence electrons.